The van der Waals surface area contributed by atoms with Crippen LogP contribution in [0, 0.1) is 5.92 Å². The van der Waals surface area contributed by atoms with Gasteiger partial charge in [0.1, 0.15) is 0 Å². The minimum Gasteiger partial charge on any atom is -0.493 e. The average Bonchev–Trinajstić information content (AvgIpc) is 3.60. The second-order valence-electron chi connectivity index (χ2n) is 12.4. The molecule has 1 amide bonds. The molecule has 46 heavy (non-hydrogen) atoms. The van der Waals surface area contributed by atoms with E-state index in [1.165, 1.54) is 22.3 Å². The fourth-order valence-corrected chi connectivity index (χ4v) is 7.26. The van der Waals surface area contributed by atoms with E-state index in [1.54, 1.807) is 14.2 Å². The van der Waals surface area contributed by atoms with Crippen molar-refractivity contribution in [2.75, 3.05) is 26.1 Å². The third kappa shape index (κ3) is 5.79. The van der Waals surface area contributed by atoms with Gasteiger partial charge in [-0.05, 0) is 83.8 Å². The number of carbonyl (C=O) groups is 1. The van der Waals surface area contributed by atoms with Crippen molar-refractivity contribution in [2.45, 2.75) is 44.8 Å². The van der Waals surface area contributed by atoms with Crippen molar-refractivity contribution in [3.8, 4) is 11.5 Å². The molecule has 4 aromatic rings. The topological polar surface area (TPSA) is 75.2 Å². The largest absolute Gasteiger partial charge is 0.493 e. The van der Waals surface area contributed by atoms with Gasteiger partial charge in [-0.1, -0.05) is 66.7 Å². The van der Waals surface area contributed by atoms with E-state index in [9.17, 15) is 4.79 Å². The zero-order chi connectivity index (χ0) is 31.6. The Morgan fingerprint density at radius 1 is 0.935 bits per heavy atom. The highest BCUT2D eigenvalue weighted by Gasteiger charge is 2.39. The van der Waals surface area contributed by atoms with E-state index < -0.39 is 0 Å². The van der Waals surface area contributed by atoms with Crippen LogP contribution < -0.4 is 20.2 Å². The minimum absolute atomic E-state index is 0.0837. The number of ether oxygens (including phenoxy) is 2. The number of rotatable bonds is 8. The number of hydrogen-bond acceptors (Lipinski definition) is 6. The average molecular weight is 613 g/mol. The number of nitrogens with one attached hydrogen (secondary N) is 2. The van der Waals surface area contributed by atoms with Crippen LogP contribution in [0.1, 0.15) is 69.0 Å². The number of benzene rings is 4. The number of hydrogen-bond donors (Lipinski definition) is 2. The molecule has 3 atom stereocenters. The van der Waals surface area contributed by atoms with Crippen LogP contribution in [-0.4, -0.2) is 37.3 Å². The summed E-state index contributed by atoms with van der Waals surface area (Å²) in [5.41, 5.74) is 12.6. The number of hydrazone groups is 1. The third-order valence-corrected chi connectivity index (χ3v) is 9.71. The van der Waals surface area contributed by atoms with Gasteiger partial charge in [0.15, 0.2) is 11.5 Å². The SMILES string of the molecule is COc1cccc([C@@H]2Nc3ccc(/C(C)=N\NC(=O)c4ccc(CN5CCc6ccccc6C5)cc4)cc3[C@@H]3C=CC[C@@H]32)c1OC. The molecule has 0 saturated carbocycles. The summed E-state index contributed by atoms with van der Waals surface area (Å²) >= 11 is 0. The van der Waals surface area contributed by atoms with Gasteiger partial charge in [0, 0.05) is 42.4 Å². The van der Waals surface area contributed by atoms with Gasteiger partial charge in [0.05, 0.1) is 26.0 Å². The normalized spacial score (nSPS) is 20.2. The molecule has 0 fully saturated rings. The first-order chi connectivity index (χ1) is 22.5. The molecule has 2 N–H and O–H groups in total. The number of para-hydroxylation sites is 1. The van der Waals surface area contributed by atoms with E-state index in [0.717, 1.165) is 66.5 Å². The highest BCUT2D eigenvalue weighted by atomic mass is 16.5. The lowest BCUT2D eigenvalue weighted by atomic mass is 9.76. The zero-order valence-corrected chi connectivity index (χ0v) is 26.6. The summed E-state index contributed by atoms with van der Waals surface area (Å²) in [4.78, 5) is 15.5. The number of amides is 1. The molecule has 0 aromatic heterocycles. The number of allylic oxidation sites excluding steroid dienone is 2. The summed E-state index contributed by atoms with van der Waals surface area (Å²) in [6.45, 7) is 4.80. The lowest BCUT2D eigenvalue weighted by molar-refractivity contribution is 0.0955. The molecule has 0 saturated heterocycles. The van der Waals surface area contributed by atoms with E-state index in [1.807, 2.05) is 43.3 Å². The highest BCUT2D eigenvalue weighted by Crippen LogP contribution is 2.52. The van der Waals surface area contributed by atoms with Crippen LogP contribution in [0.3, 0.4) is 0 Å². The van der Waals surface area contributed by atoms with Crippen LogP contribution in [0.15, 0.2) is 102 Å². The van der Waals surface area contributed by atoms with Crippen molar-refractivity contribution in [2.24, 2.45) is 11.0 Å². The van der Waals surface area contributed by atoms with E-state index in [4.69, 9.17) is 9.47 Å². The maximum Gasteiger partial charge on any atom is 0.271 e. The fourth-order valence-electron chi connectivity index (χ4n) is 7.26. The fraction of sp³-hybridized carbons (Fsp3) is 0.282. The van der Waals surface area contributed by atoms with Gasteiger partial charge in [0.2, 0.25) is 0 Å². The van der Waals surface area contributed by atoms with Gasteiger partial charge in [0.25, 0.3) is 5.91 Å². The Bertz CT molecular complexity index is 1810. The molecule has 0 spiro atoms. The van der Waals surface area contributed by atoms with Crippen molar-refractivity contribution < 1.29 is 14.3 Å². The summed E-state index contributed by atoms with van der Waals surface area (Å²) in [6, 6.07) is 29.1. The minimum atomic E-state index is -0.216. The van der Waals surface area contributed by atoms with Crippen molar-refractivity contribution in [1.29, 1.82) is 0 Å². The lowest BCUT2D eigenvalue weighted by Gasteiger charge is -2.38. The number of nitrogens with zero attached hydrogens (tertiary/aromatic N) is 2. The van der Waals surface area contributed by atoms with Gasteiger partial charge in [-0.3, -0.25) is 9.69 Å². The molecule has 7 rings (SSSR count). The molecule has 234 valence electrons. The molecular weight excluding hydrogens is 572 g/mol. The molecule has 4 aromatic carbocycles. The molecule has 0 radical (unpaired) electrons. The van der Waals surface area contributed by atoms with E-state index in [2.05, 4.69) is 81.4 Å². The number of methoxy groups -OCH3 is 2. The van der Waals surface area contributed by atoms with Crippen molar-refractivity contribution in [3.63, 3.8) is 0 Å². The predicted octanol–water partition coefficient (Wildman–Crippen LogP) is 7.24. The Morgan fingerprint density at radius 2 is 1.74 bits per heavy atom. The van der Waals surface area contributed by atoms with E-state index in [-0.39, 0.29) is 17.9 Å². The quantitative estimate of drug-likeness (QED) is 0.125. The van der Waals surface area contributed by atoms with Crippen molar-refractivity contribution >= 4 is 17.3 Å². The summed E-state index contributed by atoms with van der Waals surface area (Å²) in [7, 11) is 3.37. The number of carbonyl (C=O) groups excluding carboxylic acids is 1. The van der Waals surface area contributed by atoms with Crippen LogP contribution >= 0.6 is 0 Å². The van der Waals surface area contributed by atoms with Crippen molar-refractivity contribution in [3.05, 3.63) is 136 Å². The maximum absolute atomic E-state index is 13.0. The van der Waals surface area contributed by atoms with E-state index in [0.29, 0.717) is 11.5 Å². The van der Waals surface area contributed by atoms with Gasteiger partial charge < -0.3 is 14.8 Å². The smallest absolute Gasteiger partial charge is 0.271 e. The molecule has 2 aliphatic heterocycles. The Kier molecular flexibility index (Phi) is 8.33. The second kappa shape index (κ2) is 12.9. The van der Waals surface area contributed by atoms with Crippen LogP contribution in [0.5, 0.6) is 11.5 Å². The predicted molar refractivity (Wildman–Crippen MR) is 183 cm³/mol. The molecule has 0 bridgehead atoms. The molecule has 7 heteroatoms. The van der Waals surface area contributed by atoms with Crippen LogP contribution in [0.25, 0.3) is 0 Å². The van der Waals surface area contributed by atoms with Crippen LogP contribution in [0.2, 0.25) is 0 Å². The Labute approximate surface area is 270 Å². The summed E-state index contributed by atoms with van der Waals surface area (Å²) < 4.78 is 11.4. The van der Waals surface area contributed by atoms with Gasteiger partial charge >= 0.3 is 0 Å². The maximum atomic E-state index is 13.0. The van der Waals surface area contributed by atoms with Gasteiger partial charge in [-0.15, -0.1) is 0 Å². The number of anilines is 1. The summed E-state index contributed by atoms with van der Waals surface area (Å²) in [5, 5.41) is 8.28. The third-order valence-electron chi connectivity index (χ3n) is 9.71. The van der Waals surface area contributed by atoms with Gasteiger partial charge in [-0.25, -0.2) is 5.43 Å². The Hall–Kier alpha value is -4.88. The zero-order valence-electron chi connectivity index (χ0n) is 26.6. The lowest BCUT2D eigenvalue weighted by Crippen LogP contribution is -2.30. The molecule has 3 aliphatic rings. The molecule has 1 aliphatic carbocycles. The number of fused-ring (bicyclic) bond motifs is 4. The first kappa shape index (κ1) is 29.8. The van der Waals surface area contributed by atoms with Crippen LogP contribution in [0.4, 0.5) is 5.69 Å². The molecule has 0 unspecified atom stereocenters. The highest BCUT2D eigenvalue weighted by molar-refractivity contribution is 6.01. The molecule has 2 heterocycles. The summed E-state index contributed by atoms with van der Waals surface area (Å²) in [5.74, 6) is 1.90. The first-order valence-corrected chi connectivity index (χ1v) is 16.0. The Morgan fingerprint density at radius 3 is 2.54 bits per heavy atom. The van der Waals surface area contributed by atoms with Crippen molar-refractivity contribution in [1.82, 2.24) is 10.3 Å². The van der Waals surface area contributed by atoms with Crippen LogP contribution in [-0.2, 0) is 19.5 Å². The molecular formula is C39H40N4O3. The first-order valence-electron chi connectivity index (χ1n) is 16.0. The molecule has 7 nitrogen and oxygen atoms in total. The van der Waals surface area contributed by atoms with E-state index >= 15 is 0 Å². The standard InChI is InChI=1S/C39H40N4O3/c1-25(41-42-39(44)28-16-14-26(15-17-28)23-43-21-20-27-8-4-5-9-30(27)24-43)29-18-19-35-34(22-29)31-10-6-11-32(31)37(40-35)33-12-7-13-36(45-2)38(33)46-3/h4-10,12-19,22,31-32,37,40H,11,20-21,23-24H2,1-3H3,(H,42,44)/b41-25-/t31-,32+,37-/m1/s1. The van der Waals surface area contributed by atoms with Gasteiger partial charge in [-0.2, -0.15) is 5.10 Å². The summed E-state index contributed by atoms with van der Waals surface area (Å²) in [6.07, 6.45) is 6.64. The second-order valence-corrected chi connectivity index (χ2v) is 12.4. The Balaban J connectivity index is 1.02. The monoisotopic (exact) mass is 612 g/mol.